The predicted molar refractivity (Wildman–Crippen MR) is 69.7 cm³/mol. The molecule has 0 bridgehead atoms. The molecule has 1 aromatic heterocycles. The number of anilines is 2. The van der Waals surface area contributed by atoms with Crippen LogP contribution in [-0.2, 0) is 4.74 Å². The highest BCUT2D eigenvalue weighted by molar-refractivity contribution is 5.46. The van der Waals surface area contributed by atoms with Crippen LogP contribution >= 0.6 is 0 Å². The molecule has 1 aromatic rings. The molecule has 6 nitrogen and oxygen atoms in total. The van der Waals surface area contributed by atoms with Crippen molar-refractivity contribution in [2.24, 2.45) is 0 Å². The van der Waals surface area contributed by atoms with E-state index in [2.05, 4.69) is 20.6 Å². The second kappa shape index (κ2) is 7.13. The number of aromatic nitrogens is 2. The number of aliphatic hydroxyl groups is 1. The van der Waals surface area contributed by atoms with Crippen LogP contribution < -0.4 is 10.6 Å². The van der Waals surface area contributed by atoms with Crippen molar-refractivity contribution in [3.05, 3.63) is 12.4 Å². The number of aliphatic hydroxyl groups excluding tert-OH is 1. The Morgan fingerprint density at radius 3 is 2.83 bits per heavy atom. The molecule has 1 fully saturated rings. The van der Waals surface area contributed by atoms with Gasteiger partial charge in [-0.3, -0.25) is 0 Å². The van der Waals surface area contributed by atoms with Crippen LogP contribution in [0.25, 0.3) is 0 Å². The summed E-state index contributed by atoms with van der Waals surface area (Å²) in [4.78, 5) is 8.35. The van der Waals surface area contributed by atoms with Crippen molar-refractivity contribution in [2.45, 2.75) is 25.3 Å². The number of nitrogens with zero attached hydrogens (tertiary/aromatic N) is 2. The maximum atomic E-state index is 8.72. The summed E-state index contributed by atoms with van der Waals surface area (Å²) >= 11 is 0. The molecule has 0 unspecified atom stereocenters. The summed E-state index contributed by atoms with van der Waals surface area (Å²) in [6, 6.07) is 2.33. The Bertz CT molecular complexity index is 356. The van der Waals surface area contributed by atoms with Gasteiger partial charge in [0.05, 0.1) is 0 Å². The molecule has 0 saturated carbocycles. The molecule has 18 heavy (non-hydrogen) atoms. The quantitative estimate of drug-likeness (QED) is 0.652. The van der Waals surface area contributed by atoms with Gasteiger partial charge in [0.15, 0.2) is 0 Å². The number of hydrogen-bond donors (Lipinski definition) is 3. The Labute approximate surface area is 107 Å². The molecule has 1 saturated heterocycles. The first kappa shape index (κ1) is 13.0. The molecule has 0 amide bonds. The minimum Gasteiger partial charge on any atom is -0.396 e. The molecule has 1 aliphatic rings. The van der Waals surface area contributed by atoms with Gasteiger partial charge in [0.1, 0.15) is 18.0 Å². The Hall–Kier alpha value is -1.40. The van der Waals surface area contributed by atoms with Gasteiger partial charge in [-0.2, -0.15) is 0 Å². The minimum absolute atomic E-state index is 0.186. The summed E-state index contributed by atoms with van der Waals surface area (Å²) < 4.78 is 5.32. The third-order valence-electron chi connectivity index (χ3n) is 2.88. The lowest BCUT2D eigenvalue weighted by atomic mass is 10.1. The van der Waals surface area contributed by atoms with Crippen LogP contribution in [0.2, 0.25) is 0 Å². The van der Waals surface area contributed by atoms with Gasteiger partial charge in [-0.15, -0.1) is 0 Å². The summed E-state index contributed by atoms with van der Waals surface area (Å²) in [5.41, 5.74) is 0. The molecule has 2 rings (SSSR count). The second-order valence-electron chi connectivity index (χ2n) is 4.32. The molecule has 0 radical (unpaired) electrons. The number of nitrogens with one attached hydrogen (secondary N) is 2. The minimum atomic E-state index is 0.186. The van der Waals surface area contributed by atoms with E-state index >= 15 is 0 Å². The predicted octanol–water partition coefficient (Wildman–Crippen LogP) is 0.862. The average Bonchev–Trinajstić information content (AvgIpc) is 2.41. The molecule has 0 atom stereocenters. The average molecular weight is 252 g/mol. The molecular weight excluding hydrogens is 232 g/mol. The van der Waals surface area contributed by atoms with E-state index in [1.165, 1.54) is 0 Å². The molecule has 100 valence electrons. The number of hydrogen-bond acceptors (Lipinski definition) is 6. The zero-order valence-corrected chi connectivity index (χ0v) is 10.4. The van der Waals surface area contributed by atoms with E-state index in [4.69, 9.17) is 9.84 Å². The largest absolute Gasteiger partial charge is 0.396 e. The summed E-state index contributed by atoms with van der Waals surface area (Å²) in [7, 11) is 0. The highest BCUT2D eigenvalue weighted by atomic mass is 16.5. The topological polar surface area (TPSA) is 79.3 Å². The molecule has 6 heteroatoms. The van der Waals surface area contributed by atoms with Gasteiger partial charge < -0.3 is 20.5 Å². The van der Waals surface area contributed by atoms with Gasteiger partial charge in [0.25, 0.3) is 0 Å². The lowest BCUT2D eigenvalue weighted by molar-refractivity contribution is 0.0904. The van der Waals surface area contributed by atoms with Crippen molar-refractivity contribution in [2.75, 3.05) is 37.0 Å². The van der Waals surface area contributed by atoms with Crippen molar-refractivity contribution < 1.29 is 9.84 Å². The normalized spacial score (nSPS) is 16.5. The van der Waals surface area contributed by atoms with Crippen LogP contribution in [0.1, 0.15) is 19.3 Å². The first-order valence-electron chi connectivity index (χ1n) is 6.39. The summed E-state index contributed by atoms with van der Waals surface area (Å²) in [6.45, 7) is 2.52. The van der Waals surface area contributed by atoms with E-state index in [0.29, 0.717) is 19.0 Å². The van der Waals surface area contributed by atoms with E-state index in [9.17, 15) is 0 Å². The Morgan fingerprint density at radius 2 is 2.06 bits per heavy atom. The molecule has 0 aliphatic carbocycles. The van der Waals surface area contributed by atoms with Crippen molar-refractivity contribution in [1.82, 2.24) is 9.97 Å². The van der Waals surface area contributed by atoms with Crippen molar-refractivity contribution >= 4 is 11.6 Å². The lowest BCUT2D eigenvalue weighted by Crippen LogP contribution is -2.28. The molecule has 1 aliphatic heterocycles. The fourth-order valence-corrected chi connectivity index (χ4v) is 1.88. The number of rotatable bonds is 6. The standard InChI is InChI=1S/C12H20N4O2/c17-5-1-4-13-11-8-12(15-9-14-11)16-10-2-6-18-7-3-10/h8-10,17H,1-7H2,(H2,13,14,15,16). The SMILES string of the molecule is OCCCNc1cc(NC2CCOCC2)ncn1. The molecular formula is C12H20N4O2. The zero-order valence-electron chi connectivity index (χ0n) is 10.4. The van der Waals surface area contributed by atoms with E-state index in [-0.39, 0.29) is 6.61 Å². The third kappa shape index (κ3) is 4.12. The van der Waals surface area contributed by atoms with E-state index in [1.54, 1.807) is 6.33 Å². The summed E-state index contributed by atoms with van der Waals surface area (Å²) in [5.74, 6) is 1.62. The van der Waals surface area contributed by atoms with Gasteiger partial charge in [0.2, 0.25) is 0 Å². The van der Waals surface area contributed by atoms with Crippen LogP contribution in [0, 0.1) is 0 Å². The van der Waals surface area contributed by atoms with Gasteiger partial charge in [-0.05, 0) is 19.3 Å². The van der Waals surface area contributed by atoms with Gasteiger partial charge in [-0.25, -0.2) is 9.97 Å². The first-order chi connectivity index (χ1) is 8.88. The van der Waals surface area contributed by atoms with Crippen LogP contribution in [0.4, 0.5) is 11.6 Å². The smallest absolute Gasteiger partial charge is 0.131 e. The molecule has 2 heterocycles. The molecule has 3 N–H and O–H groups in total. The Kier molecular flexibility index (Phi) is 5.16. The lowest BCUT2D eigenvalue weighted by Gasteiger charge is -2.23. The fourth-order valence-electron chi connectivity index (χ4n) is 1.88. The van der Waals surface area contributed by atoms with Crippen molar-refractivity contribution in [1.29, 1.82) is 0 Å². The van der Waals surface area contributed by atoms with Crippen molar-refractivity contribution in [3.63, 3.8) is 0 Å². The summed E-state index contributed by atoms with van der Waals surface area (Å²) in [5, 5.41) is 15.3. The summed E-state index contributed by atoms with van der Waals surface area (Å²) in [6.07, 6.45) is 4.28. The Morgan fingerprint density at radius 1 is 1.28 bits per heavy atom. The monoisotopic (exact) mass is 252 g/mol. The molecule has 0 aromatic carbocycles. The van der Waals surface area contributed by atoms with Crippen molar-refractivity contribution in [3.8, 4) is 0 Å². The second-order valence-corrected chi connectivity index (χ2v) is 4.32. The fraction of sp³-hybridized carbons (Fsp3) is 0.667. The number of ether oxygens (including phenoxy) is 1. The zero-order chi connectivity index (χ0) is 12.6. The Balaban J connectivity index is 1.85. The van der Waals surface area contributed by atoms with Crippen LogP contribution in [0.5, 0.6) is 0 Å². The highest BCUT2D eigenvalue weighted by Crippen LogP contribution is 2.14. The maximum Gasteiger partial charge on any atom is 0.131 e. The molecule has 0 spiro atoms. The van der Waals surface area contributed by atoms with E-state index < -0.39 is 0 Å². The van der Waals surface area contributed by atoms with Gasteiger partial charge >= 0.3 is 0 Å². The van der Waals surface area contributed by atoms with Gasteiger partial charge in [-0.1, -0.05) is 0 Å². The van der Waals surface area contributed by atoms with Crippen LogP contribution in [0.3, 0.4) is 0 Å². The van der Waals surface area contributed by atoms with Crippen LogP contribution in [-0.4, -0.2) is 47.5 Å². The highest BCUT2D eigenvalue weighted by Gasteiger charge is 2.13. The van der Waals surface area contributed by atoms with Gasteiger partial charge in [0, 0.05) is 38.5 Å². The van der Waals surface area contributed by atoms with E-state index in [0.717, 1.165) is 37.7 Å². The van der Waals surface area contributed by atoms with Crippen LogP contribution in [0.15, 0.2) is 12.4 Å². The first-order valence-corrected chi connectivity index (χ1v) is 6.39. The maximum absolute atomic E-state index is 8.72. The van der Waals surface area contributed by atoms with E-state index in [1.807, 2.05) is 6.07 Å². The third-order valence-corrected chi connectivity index (χ3v) is 2.88.